The monoisotopic (exact) mass is 494 g/mol. The molecular formula is C22H28ClN4O5P. The first-order chi connectivity index (χ1) is 15.9. The molecule has 3 heterocycles. The summed E-state index contributed by atoms with van der Waals surface area (Å²) in [6, 6.07) is 7.66. The van der Waals surface area contributed by atoms with E-state index in [4.69, 9.17) is 35.1 Å². The summed E-state index contributed by atoms with van der Waals surface area (Å²) in [5.41, 5.74) is 3.38. The highest BCUT2D eigenvalue weighted by Crippen LogP contribution is 2.50. The Morgan fingerprint density at radius 3 is 2.42 bits per heavy atom. The first kappa shape index (κ1) is 23.9. The van der Waals surface area contributed by atoms with Crippen LogP contribution in [0.3, 0.4) is 0 Å². The summed E-state index contributed by atoms with van der Waals surface area (Å²) in [6.45, 7) is 2.74. The highest BCUT2D eigenvalue weighted by molar-refractivity contribution is 7.51. The van der Waals surface area contributed by atoms with E-state index in [1.807, 2.05) is 22.9 Å². The summed E-state index contributed by atoms with van der Waals surface area (Å²) >= 11 is 6.35. The van der Waals surface area contributed by atoms with Crippen molar-refractivity contribution in [3.8, 4) is 22.8 Å². The van der Waals surface area contributed by atoms with Crippen molar-refractivity contribution in [2.75, 3.05) is 59.5 Å². The fourth-order valence-electron chi connectivity index (χ4n) is 4.07. The molecule has 3 aromatic rings. The number of ether oxygens (including phenoxy) is 2. The molecule has 0 bridgehead atoms. The SMILES string of the molecule is COc1cc(OC)c(-c2cn3ccc(N4CCCN(P(=O)(OC)OC)CC4)cc3n2)cc1Cl. The van der Waals surface area contributed by atoms with Gasteiger partial charge in [0.15, 0.2) is 0 Å². The molecule has 0 radical (unpaired) electrons. The molecule has 0 unspecified atom stereocenters. The van der Waals surface area contributed by atoms with E-state index in [-0.39, 0.29) is 0 Å². The number of halogens is 1. The Morgan fingerprint density at radius 2 is 1.73 bits per heavy atom. The highest BCUT2D eigenvalue weighted by Gasteiger charge is 2.32. The van der Waals surface area contributed by atoms with Crippen LogP contribution in [0.25, 0.3) is 16.9 Å². The second-order valence-corrected chi connectivity index (χ2v) is 10.2. The largest absolute Gasteiger partial charge is 0.496 e. The van der Waals surface area contributed by atoms with Crippen LogP contribution in [-0.2, 0) is 13.6 Å². The summed E-state index contributed by atoms with van der Waals surface area (Å²) in [4.78, 5) is 7.07. The van der Waals surface area contributed by atoms with Gasteiger partial charge in [0.2, 0.25) is 0 Å². The molecule has 1 aromatic carbocycles. The second kappa shape index (κ2) is 9.91. The molecule has 1 fully saturated rings. The van der Waals surface area contributed by atoms with Crippen LogP contribution in [0, 0.1) is 0 Å². The average molecular weight is 495 g/mol. The number of benzene rings is 1. The Bertz CT molecular complexity index is 1180. The fourth-order valence-corrected chi connectivity index (χ4v) is 5.64. The Morgan fingerprint density at radius 1 is 0.970 bits per heavy atom. The number of anilines is 1. The molecular weight excluding hydrogens is 467 g/mol. The maximum absolute atomic E-state index is 12.8. The zero-order valence-electron chi connectivity index (χ0n) is 19.2. The van der Waals surface area contributed by atoms with E-state index in [0.29, 0.717) is 36.2 Å². The highest BCUT2D eigenvalue weighted by atomic mass is 35.5. The van der Waals surface area contributed by atoms with E-state index in [0.717, 1.165) is 35.6 Å². The van der Waals surface area contributed by atoms with E-state index in [9.17, 15) is 4.57 Å². The van der Waals surface area contributed by atoms with Crippen LogP contribution in [0.5, 0.6) is 11.5 Å². The standard InChI is InChI=1S/C22H28ClN4O5P/c1-29-20-14-21(30-2)18(23)13-17(20)19-15-26-9-6-16(12-22(26)24-19)25-7-5-8-27(11-10-25)33(28,31-3)32-4/h6,9,12-15H,5,7-8,10-11H2,1-4H3. The van der Waals surface area contributed by atoms with Gasteiger partial charge in [-0.25, -0.2) is 14.2 Å². The lowest BCUT2D eigenvalue weighted by Gasteiger charge is -2.27. The third-order valence-electron chi connectivity index (χ3n) is 5.84. The third-order valence-corrected chi connectivity index (χ3v) is 8.15. The minimum absolute atomic E-state index is 0.490. The number of hydrogen-bond acceptors (Lipinski definition) is 7. The summed E-state index contributed by atoms with van der Waals surface area (Å²) < 4.78 is 37.7. The summed E-state index contributed by atoms with van der Waals surface area (Å²) in [6.07, 6.45) is 4.76. The normalized spacial score (nSPS) is 15.6. The second-order valence-electron chi connectivity index (χ2n) is 7.59. The minimum Gasteiger partial charge on any atom is -0.496 e. The lowest BCUT2D eigenvalue weighted by molar-refractivity contribution is 0.211. The van der Waals surface area contributed by atoms with Crippen molar-refractivity contribution in [1.29, 1.82) is 0 Å². The zero-order chi connectivity index (χ0) is 23.6. The number of hydrogen-bond donors (Lipinski definition) is 0. The number of pyridine rings is 1. The van der Waals surface area contributed by atoms with Crippen molar-refractivity contribution in [3.63, 3.8) is 0 Å². The maximum atomic E-state index is 12.8. The number of nitrogens with zero attached hydrogens (tertiary/aromatic N) is 4. The molecule has 4 rings (SSSR count). The third kappa shape index (κ3) is 4.69. The quantitative estimate of drug-likeness (QED) is 0.441. The average Bonchev–Trinajstić information content (AvgIpc) is 3.10. The topological polar surface area (TPSA) is 77.8 Å². The van der Waals surface area contributed by atoms with Crippen molar-refractivity contribution in [3.05, 3.63) is 41.7 Å². The van der Waals surface area contributed by atoms with E-state index < -0.39 is 7.75 Å². The Hall–Kier alpha value is -2.29. The first-order valence-corrected chi connectivity index (χ1v) is 12.4. The number of methoxy groups -OCH3 is 2. The van der Waals surface area contributed by atoms with Crippen molar-refractivity contribution in [1.82, 2.24) is 14.1 Å². The minimum atomic E-state index is -3.23. The molecule has 0 aliphatic carbocycles. The van der Waals surface area contributed by atoms with Gasteiger partial charge < -0.3 is 18.8 Å². The van der Waals surface area contributed by atoms with Gasteiger partial charge in [-0.15, -0.1) is 0 Å². The smallest absolute Gasteiger partial charge is 0.407 e. The summed E-state index contributed by atoms with van der Waals surface area (Å²) in [5.74, 6) is 1.18. The summed E-state index contributed by atoms with van der Waals surface area (Å²) in [5, 5.41) is 0.490. The number of imidazole rings is 1. The van der Waals surface area contributed by atoms with E-state index in [2.05, 4.69) is 11.0 Å². The molecule has 9 nitrogen and oxygen atoms in total. The van der Waals surface area contributed by atoms with Gasteiger partial charge in [0.1, 0.15) is 17.1 Å². The molecule has 33 heavy (non-hydrogen) atoms. The summed E-state index contributed by atoms with van der Waals surface area (Å²) in [7, 11) is 2.78. The van der Waals surface area contributed by atoms with Crippen LogP contribution in [0.4, 0.5) is 5.69 Å². The van der Waals surface area contributed by atoms with Gasteiger partial charge in [-0.3, -0.25) is 9.05 Å². The van der Waals surface area contributed by atoms with Crippen LogP contribution in [0.1, 0.15) is 6.42 Å². The fraction of sp³-hybridized carbons (Fsp3) is 0.409. The molecule has 2 aromatic heterocycles. The van der Waals surface area contributed by atoms with Crippen LogP contribution in [0.2, 0.25) is 5.02 Å². The van der Waals surface area contributed by atoms with E-state index >= 15 is 0 Å². The van der Waals surface area contributed by atoms with Gasteiger partial charge in [-0.1, -0.05) is 11.6 Å². The maximum Gasteiger partial charge on any atom is 0.407 e. The van der Waals surface area contributed by atoms with Crippen molar-refractivity contribution >= 4 is 30.7 Å². The lowest BCUT2D eigenvalue weighted by atomic mass is 10.1. The molecule has 178 valence electrons. The predicted octanol–water partition coefficient (Wildman–Crippen LogP) is 4.58. The van der Waals surface area contributed by atoms with E-state index in [1.165, 1.54) is 14.2 Å². The van der Waals surface area contributed by atoms with Gasteiger partial charge >= 0.3 is 7.75 Å². The lowest BCUT2D eigenvalue weighted by Crippen LogP contribution is -2.29. The van der Waals surface area contributed by atoms with Crippen LogP contribution < -0.4 is 14.4 Å². The van der Waals surface area contributed by atoms with Gasteiger partial charge in [0, 0.05) is 76.2 Å². The molecule has 0 amide bonds. The van der Waals surface area contributed by atoms with Gasteiger partial charge in [0.25, 0.3) is 0 Å². The van der Waals surface area contributed by atoms with Crippen LogP contribution >= 0.6 is 19.3 Å². The molecule has 1 aliphatic heterocycles. The van der Waals surface area contributed by atoms with Gasteiger partial charge in [-0.05, 0) is 18.6 Å². The van der Waals surface area contributed by atoms with Gasteiger partial charge in [0.05, 0.1) is 24.9 Å². The molecule has 0 N–H and O–H groups in total. The molecule has 1 aliphatic rings. The molecule has 11 heteroatoms. The predicted molar refractivity (Wildman–Crippen MR) is 129 cm³/mol. The van der Waals surface area contributed by atoms with Crippen LogP contribution in [0.15, 0.2) is 36.7 Å². The van der Waals surface area contributed by atoms with E-state index in [1.54, 1.807) is 31.0 Å². The number of fused-ring (bicyclic) bond motifs is 1. The Balaban J connectivity index is 1.61. The number of aromatic nitrogens is 2. The molecule has 1 saturated heterocycles. The Labute approximate surface area is 198 Å². The molecule has 0 spiro atoms. The van der Waals surface area contributed by atoms with Crippen molar-refractivity contribution < 1.29 is 23.1 Å². The van der Waals surface area contributed by atoms with Gasteiger partial charge in [-0.2, -0.15) is 0 Å². The zero-order valence-corrected chi connectivity index (χ0v) is 20.8. The molecule has 0 saturated carbocycles. The van der Waals surface area contributed by atoms with Crippen molar-refractivity contribution in [2.45, 2.75) is 6.42 Å². The van der Waals surface area contributed by atoms with Crippen LogP contribution in [-0.4, -0.2) is 68.7 Å². The first-order valence-electron chi connectivity index (χ1n) is 10.5. The Kier molecular flexibility index (Phi) is 7.16. The number of rotatable bonds is 7. The molecule has 0 atom stereocenters. The van der Waals surface area contributed by atoms with Crippen molar-refractivity contribution in [2.24, 2.45) is 0 Å².